The number of nitrogens with zero attached hydrogens (tertiary/aromatic N) is 1. The van der Waals surface area contributed by atoms with Crippen LogP contribution in [0.1, 0.15) is 32.6 Å². The van der Waals surface area contributed by atoms with Crippen LogP contribution in [0.4, 0.5) is 4.79 Å². The normalized spacial score (nSPS) is 22.3. The highest BCUT2D eigenvalue weighted by molar-refractivity contribution is 5.92. The second-order valence-corrected chi connectivity index (χ2v) is 4.70. The summed E-state index contributed by atoms with van der Waals surface area (Å²) in [6.07, 6.45) is 2.18. The van der Waals surface area contributed by atoms with E-state index in [9.17, 15) is 9.59 Å². The summed E-state index contributed by atoms with van der Waals surface area (Å²) in [5, 5.41) is 0. The van der Waals surface area contributed by atoms with Gasteiger partial charge in [-0.15, -0.1) is 0 Å². The first-order chi connectivity index (χ1) is 8.61. The number of ether oxygens (including phenoxy) is 3. The van der Waals surface area contributed by atoms with Crippen molar-refractivity contribution in [2.75, 3.05) is 26.4 Å². The zero-order chi connectivity index (χ0) is 13.0. The van der Waals surface area contributed by atoms with Crippen LogP contribution in [0.2, 0.25) is 0 Å². The maximum atomic E-state index is 11.7. The number of amides is 2. The molecule has 2 amide bonds. The summed E-state index contributed by atoms with van der Waals surface area (Å²) < 4.78 is 15.7. The lowest BCUT2D eigenvalue weighted by molar-refractivity contribution is -0.148. The van der Waals surface area contributed by atoms with Gasteiger partial charge in [-0.3, -0.25) is 4.79 Å². The molecule has 6 nitrogen and oxygen atoms in total. The van der Waals surface area contributed by atoms with Crippen LogP contribution in [0.5, 0.6) is 0 Å². The van der Waals surface area contributed by atoms with Gasteiger partial charge in [0.25, 0.3) is 0 Å². The van der Waals surface area contributed by atoms with E-state index in [0.29, 0.717) is 32.8 Å². The molecule has 0 atom stereocenters. The van der Waals surface area contributed by atoms with Gasteiger partial charge in [-0.05, 0) is 19.8 Å². The number of carbonyl (C=O) groups is 2. The average Bonchev–Trinajstić information content (AvgIpc) is 2.94. The Kier molecular flexibility index (Phi) is 4.19. The molecule has 0 unspecified atom stereocenters. The number of unbranched alkanes of at least 4 members (excludes halogenated alkanes) is 1. The van der Waals surface area contributed by atoms with Crippen molar-refractivity contribution in [3.05, 3.63) is 0 Å². The van der Waals surface area contributed by atoms with Gasteiger partial charge < -0.3 is 14.2 Å². The lowest BCUT2D eigenvalue weighted by atomic mass is 10.1. The number of hydrogen-bond donors (Lipinski definition) is 0. The maximum Gasteiger partial charge on any atom is 0.416 e. The molecule has 2 fully saturated rings. The Morgan fingerprint density at radius 2 is 2.00 bits per heavy atom. The van der Waals surface area contributed by atoms with E-state index in [2.05, 4.69) is 0 Å². The first kappa shape index (κ1) is 13.3. The molecular weight excluding hydrogens is 238 g/mol. The number of hydrogen-bond acceptors (Lipinski definition) is 5. The molecule has 0 spiro atoms. The van der Waals surface area contributed by atoms with Crippen molar-refractivity contribution in [3.63, 3.8) is 0 Å². The fourth-order valence-corrected chi connectivity index (χ4v) is 2.18. The quantitative estimate of drug-likeness (QED) is 0.694. The minimum absolute atomic E-state index is 0.157. The molecule has 0 bridgehead atoms. The minimum atomic E-state index is -0.519. The molecule has 102 valence electrons. The smallest absolute Gasteiger partial charge is 0.416 e. The van der Waals surface area contributed by atoms with Gasteiger partial charge in [0.05, 0.1) is 19.8 Å². The zero-order valence-electron chi connectivity index (χ0n) is 10.6. The van der Waals surface area contributed by atoms with Crippen molar-refractivity contribution in [2.24, 2.45) is 0 Å². The van der Waals surface area contributed by atoms with Gasteiger partial charge in [0, 0.05) is 12.8 Å². The van der Waals surface area contributed by atoms with Crippen LogP contribution in [-0.4, -0.2) is 49.1 Å². The molecular formula is C12H19NO5. The monoisotopic (exact) mass is 257 g/mol. The number of imide groups is 1. The molecule has 2 saturated heterocycles. The van der Waals surface area contributed by atoms with Crippen molar-refractivity contribution in [1.82, 2.24) is 4.90 Å². The van der Waals surface area contributed by atoms with Crippen LogP contribution in [0, 0.1) is 0 Å². The summed E-state index contributed by atoms with van der Waals surface area (Å²) in [7, 11) is 0. The molecule has 0 aromatic rings. The Morgan fingerprint density at radius 3 is 2.61 bits per heavy atom. The molecule has 0 aromatic carbocycles. The van der Waals surface area contributed by atoms with E-state index in [-0.39, 0.29) is 5.91 Å². The van der Waals surface area contributed by atoms with Crippen LogP contribution in [0.3, 0.4) is 0 Å². The zero-order valence-corrected chi connectivity index (χ0v) is 10.6. The summed E-state index contributed by atoms with van der Waals surface area (Å²) in [4.78, 5) is 24.0. The van der Waals surface area contributed by atoms with E-state index in [1.807, 2.05) is 6.92 Å². The Morgan fingerprint density at radius 1 is 1.28 bits per heavy atom. The predicted molar refractivity (Wildman–Crippen MR) is 61.8 cm³/mol. The molecule has 0 saturated carbocycles. The highest BCUT2D eigenvalue weighted by Gasteiger charge is 2.31. The number of rotatable bonds is 5. The molecule has 18 heavy (non-hydrogen) atoms. The molecule has 0 aliphatic carbocycles. The topological polar surface area (TPSA) is 65.1 Å². The lowest BCUT2D eigenvalue weighted by Gasteiger charge is -2.21. The van der Waals surface area contributed by atoms with E-state index in [0.717, 1.165) is 19.3 Å². The standard InChI is InChI=1S/C12H19NO5/c1-12(17-8-9-18-12)5-3-2-4-10(14)13-6-7-16-11(13)15/h2-9H2,1H3. The Hall–Kier alpha value is -1.14. The summed E-state index contributed by atoms with van der Waals surface area (Å²) in [6.45, 7) is 3.87. The predicted octanol–water partition coefficient (Wildman–Crippen LogP) is 1.29. The molecule has 0 aromatic heterocycles. The van der Waals surface area contributed by atoms with Crippen LogP contribution >= 0.6 is 0 Å². The Balaban J connectivity index is 1.63. The van der Waals surface area contributed by atoms with E-state index in [4.69, 9.17) is 14.2 Å². The van der Waals surface area contributed by atoms with Gasteiger partial charge >= 0.3 is 6.09 Å². The third-order valence-electron chi connectivity index (χ3n) is 3.23. The van der Waals surface area contributed by atoms with E-state index in [1.54, 1.807) is 0 Å². The van der Waals surface area contributed by atoms with E-state index in [1.165, 1.54) is 4.90 Å². The summed E-state index contributed by atoms with van der Waals surface area (Å²) in [5.41, 5.74) is 0. The second-order valence-electron chi connectivity index (χ2n) is 4.70. The molecule has 0 radical (unpaired) electrons. The molecule has 6 heteroatoms. The highest BCUT2D eigenvalue weighted by atomic mass is 16.7. The Labute approximate surface area is 106 Å². The summed E-state index contributed by atoms with van der Waals surface area (Å²) in [6, 6.07) is 0. The van der Waals surface area contributed by atoms with E-state index >= 15 is 0 Å². The van der Waals surface area contributed by atoms with Gasteiger partial charge in [0.15, 0.2) is 5.79 Å². The first-order valence-corrected chi connectivity index (χ1v) is 6.36. The van der Waals surface area contributed by atoms with Gasteiger partial charge in [0.2, 0.25) is 5.91 Å². The largest absolute Gasteiger partial charge is 0.447 e. The fourth-order valence-electron chi connectivity index (χ4n) is 2.18. The van der Waals surface area contributed by atoms with Crippen LogP contribution in [-0.2, 0) is 19.0 Å². The van der Waals surface area contributed by atoms with Crippen LogP contribution < -0.4 is 0 Å². The van der Waals surface area contributed by atoms with E-state index < -0.39 is 11.9 Å². The van der Waals surface area contributed by atoms with Crippen molar-refractivity contribution < 1.29 is 23.8 Å². The molecule has 2 heterocycles. The molecule has 2 aliphatic heterocycles. The van der Waals surface area contributed by atoms with Crippen molar-refractivity contribution in [3.8, 4) is 0 Å². The third kappa shape index (κ3) is 3.20. The van der Waals surface area contributed by atoms with Gasteiger partial charge in [-0.25, -0.2) is 9.69 Å². The van der Waals surface area contributed by atoms with Crippen molar-refractivity contribution >= 4 is 12.0 Å². The summed E-state index contributed by atoms with van der Waals surface area (Å²) >= 11 is 0. The molecule has 0 N–H and O–H groups in total. The van der Waals surface area contributed by atoms with Crippen molar-refractivity contribution in [2.45, 2.75) is 38.4 Å². The number of carbonyl (C=O) groups excluding carboxylic acids is 2. The first-order valence-electron chi connectivity index (χ1n) is 6.36. The fraction of sp³-hybridized carbons (Fsp3) is 0.833. The molecule has 2 aliphatic rings. The van der Waals surface area contributed by atoms with Crippen molar-refractivity contribution in [1.29, 1.82) is 0 Å². The lowest BCUT2D eigenvalue weighted by Crippen LogP contribution is -2.31. The molecule has 2 rings (SSSR count). The maximum absolute atomic E-state index is 11.7. The highest BCUT2D eigenvalue weighted by Crippen LogP contribution is 2.25. The SMILES string of the molecule is CC1(CCCCC(=O)N2CCOC2=O)OCCO1. The minimum Gasteiger partial charge on any atom is -0.447 e. The second kappa shape index (κ2) is 5.67. The summed E-state index contributed by atoms with van der Waals surface area (Å²) in [5.74, 6) is -0.647. The average molecular weight is 257 g/mol. The van der Waals surface area contributed by atoms with Gasteiger partial charge in [-0.1, -0.05) is 0 Å². The Bertz CT molecular complexity index is 324. The van der Waals surface area contributed by atoms with Gasteiger partial charge in [0.1, 0.15) is 6.61 Å². The van der Waals surface area contributed by atoms with Crippen LogP contribution in [0.25, 0.3) is 0 Å². The third-order valence-corrected chi connectivity index (χ3v) is 3.23. The van der Waals surface area contributed by atoms with Crippen LogP contribution in [0.15, 0.2) is 0 Å². The number of cyclic esters (lactones) is 1. The van der Waals surface area contributed by atoms with Gasteiger partial charge in [-0.2, -0.15) is 0 Å².